The zero-order valence-corrected chi connectivity index (χ0v) is 9.99. The molecule has 17 heavy (non-hydrogen) atoms. The summed E-state index contributed by atoms with van der Waals surface area (Å²) in [6.07, 6.45) is 2.04. The standard InChI is InChI=1S/C13H17N3O/c1-2-3-7-15-13(17)16-10-12-6-4-5-11(8-12)9-14/h4-6,8H,2-3,7,10H2,1H3,(H2,15,16,17). The summed E-state index contributed by atoms with van der Waals surface area (Å²) in [4.78, 5) is 11.4. The number of carbonyl (C=O) groups is 1. The van der Waals surface area contributed by atoms with Crippen LogP contribution in [0.15, 0.2) is 24.3 Å². The van der Waals surface area contributed by atoms with E-state index in [1.54, 1.807) is 12.1 Å². The van der Waals surface area contributed by atoms with Gasteiger partial charge in [0.25, 0.3) is 0 Å². The van der Waals surface area contributed by atoms with E-state index >= 15 is 0 Å². The van der Waals surface area contributed by atoms with Gasteiger partial charge in [0.2, 0.25) is 0 Å². The van der Waals surface area contributed by atoms with Crippen molar-refractivity contribution in [1.82, 2.24) is 10.6 Å². The molecule has 0 spiro atoms. The van der Waals surface area contributed by atoms with Crippen LogP contribution in [0.25, 0.3) is 0 Å². The highest BCUT2D eigenvalue weighted by Crippen LogP contribution is 2.03. The third-order valence-electron chi connectivity index (χ3n) is 2.33. The molecule has 0 bridgehead atoms. The van der Waals surface area contributed by atoms with Gasteiger partial charge in [-0.2, -0.15) is 5.26 Å². The molecule has 0 radical (unpaired) electrons. The highest BCUT2D eigenvalue weighted by molar-refractivity contribution is 5.73. The second-order valence-corrected chi connectivity index (χ2v) is 3.78. The van der Waals surface area contributed by atoms with Gasteiger partial charge in [0.1, 0.15) is 0 Å². The van der Waals surface area contributed by atoms with E-state index in [9.17, 15) is 4.79 Å². The van der Waals surface area contributed by atoms with Crippen LogP contribution in [0, 0.1) is 11.3 Å². The first-order valence-corrected chi connectivity index (χ1v) is 5.77. The van der Waals surface area contributed by atoms with Gasteiger partial charge >= 0.3 is 6.03 Å². The first-order chi connectivity index (χ1) is 8.26. The molecular formula is C13H17N3O. The Morgan fingerprint density at radius 3 is 2.94 bits per heavy atom. The van der Waals surface area contributed by atoms with E-state index < -0.39 is 0 Å². The van der Waals surface area contributed by atoms with E-state index in [0.717, 1.165) is 18.4 Å². The molecule has 0 aliphatic rings. The van der Waals surface area contributed by atoms with Crippen molar-refractivity contribution in [2.24, 2.45) is 0 Å². The van der Waals surface area contributed by atoms with E-state index in [4.69, 9.17) is 5.26 Å². The van der Waals surface area contributed by atoms with Crippen LogP contribution < -0.4 is 10.6 Å². The van der Waals surface area contributed by atoms with Gasteiger partial charge in [0.15, 0.2) is 0 Å². The number of rotatable bonds is 5. The van der Waals surface area contributed by atoms with E-state index in [1.165, 1.54) is 0 Å². The fourth-order valence-electron chi connectivity index (χ4n) is 1.37. The average molecular weight is 231 g/mol. The Hall–Kier alpha value is -2.02. The van der Waals surface area contributed by atoms with Gasteiger partial charge < -0.3 is 10.6 Å². The maximum absolute atomic E-state index is 11.4. The number of nitrogens with one attached hydrogen (secondary N) is 2. The van der Waals surface area contributed by atoms with E-state index in [1.807, 2.05) is 12.1 Å². The fourth-order valence-corrected chi connectivity index (χ4v) is 1.37. The van der Waals surface area contributed by atoms with Gasteiger partial charge in [-0.1, -0.05) is 25.5 Å². The van der Waals surface area contributed by atoms with E-state index in [2.05, 4.69) is 23.6 Å². The number of urea groups is 1. The molecule has 4 nitrogen and oxygen atoms in total. The van der Waals surface area contributed by atoms with Crippen LogP contribution in [0.2, 0.25) is 0 Å². The van der Waals surface area contributed by atoms with Gasteiger partial charge in [-0.15, -0.1) is 0 Å². The Morgan fingerprint density at radius 1 is 1.41 bits per heavy atom. The molecular weight excluding hydrogens is 214 g/mol. The lowest BCUT2D eigenvalue weighted by atomic mass is 10.1. The molecule has 1 rings (SSSR count). The number of hydrogen-bond donors (Lipinski definition) is 2. The van der Waals surface area contributed by atoms with E-state index in [0.29, 0.717) is 18.7 Å². The molecule has 0 aromatic heterocycles. The minimum atomic E-state index is -0.166. The minimum absolute atomic E-state index is 0.166. The molecule has 1 aromatic carbocycles. The summed E-state index contributed by atoms with van der Waals surface area (Å²) < 4.78 is 0. The number of benzene rings is 1. The van der Waals surface area contributed by atoms with Crippen LogP contribution in [0.3, 0.4) is 0 Å². The number of nitrogens with zero attached hydrogens (tertiary/aromatic N) is 1. The van der Waals surface area contributed by atoms with Crippen molar-refractivity contribution in [3.63, 3.8) is 0 Å². The molecule has 2 amide bonds. The lowest BCUT2D eigenvalue weighted by Gasteiger charge is -2.07. The number of nitriles is 1. The molecule has 0 saturated carbocycles. The Bertz CT molecular complexity index is 409. The smallest absolute Gasteiger partial charge is 0.315 e. The second kappa shape index (κ2) is 7.29. The normalized spacial score (nSPS) is 9.41. The average Bonchev–Trinajstić information content (AvgIpc) is 2.37. The highest BCUT2D eigenvalue weighted by Gasteiger charge is 2.00. The zero-order chi connectivity index (χ0) is 12.5. The third-order valence-corrected chi connectivity index (χ3v) is 2.33. The van der Waals surface area contributed by atoms with Crippen molar-refractivity contribution in [1.29, 1.82) is 5.26 Å². The van der Waals surface area contributed by atoms with Crippen LogP contribution in [-0.4, -0.2) is 12.6 Å². The molecule has 0 heterocycles. The molecule has 0 atom stereocenters. The quantitative estimate of drug-likeness (QED) is 0.763. The van der Waals surface area contributed by atoms with Crippen molar-refractivity contribution >= 4 is 6.03 Å². The van der Waals surface area contributed by atoms with Gasteiger partial charge in [0, 0.05) is 13.1 Å². The highest BCUT2D eigenvalue weighted by atomic mass is 16.2. The number of carbonyl (C=O) groups excluding carboxylic acids is 1. The van der Waals surface area contributed by atoms with Gasteiger partial charge in [0.05, 0.1) is 11.6 Å². The van der Waals surface area contributed by atoms with Gasteiger partial charge in [-0.25, -0.2) is 4.79 Å². The molecule has 0 fully saturated rings. The summed E-state index contributed by atoms with van der Waals surface area (Å²) in [7, 11) is 0. The zero-order valence-electron chi connectivity index (χ0n) is 9.99. The van der Waals surface area contributed by atoms with Gasteiger partial charge in [-0.3, -0.25) is 0 Å². The third kappa shape index (κ3) is 5.03. The van der Waals surface area contributed by atoms with E-state index in [-0.39, 0.29) is 6.03 Å². The van der Waals surface area contributed by atoms with Crippen LogP contribution in [0.4, 0.5) is 4.79 Å². The summed E-state index contributed by atoms with van der Waals surface area (Å²) >= 11 is 0. The number of hydrogen-bond acceptors (Lipinski definition) is 2. The molecule has 0 unspecified atom stereocenters. The summed E-state index contributed by atoms with van der Waals surface area (Å²) in [6.45, 7) is 3.21. The molecule has 2 N–H and O–H groups in total. The molecule has 90 valence electrons. The molecule has 0 aliphatic heterocycles. The van der Waals surface area contributed by atoms with Crippen molar-refractivity contribution in [3.05, 3.63) is 35.4 Å². The number of unbranched alkanes of at least 4 members (excludes halogenated alkanes) is 1. The minimum Gasteiger partial charge on any atom is -0.338 e. The monoisotopic (exact) mass is 231 g/mol. The predicted molar refractivity (Wildman–Crippen MR) is 66.3 cm³/mol. The SMILES string of the molecule is CCCCNC(=O)NCc1cccc(C#N)c1. The van der Waals surface area contributed by atoms with Crippen LogP contribution in [-0.2, 0) is 6.54 Å². The lowest BCUT2D eigenvalue weighted by Crippen LogP contribution is -2.35. The summed E-state index contributed by atoms with van der Waals surface area (Å²) in [6, 6.07) is 9.11. The van der Waals surface area contributed by atoms with Gasteiger partial charge in [-0.05, 0) is 24.1 Å². The van der Waals surface area contributed by atoms with Crippen molar-refractivity contribution < 1.29 is 4.79 Å². The summed E-state index contributed by atoms with van der Waals surface area (Å²) in [5.74, 6) is 0. The first kappa shape index (κ1) is 13.0. The fraction of sp³-hybridized carbons (Fsp3) is 0.385. The Morgan fingerprint density at radius 2 is 2.24 bits per heavy atom. The predicted octanol–water partition coefficient (Wildman–Crippen LogP) is 2.16. The van der Waals surface area contributed by atoms with Crippen molar-refractivity contribution in [2.45, 2.75) is 26.3 Å². The van der Waals surface area contributed by atoms with Crippen molar-refractivity contribution in [3.8, 4) is 6.07 Å². The molecule has 0 aliphatic carbocycles. The Labute approximate surface area is 102 Å². The van der Waals surface area contributed by atoms with Crippen molar-refractivity contribution in [2.75, 3.05) is 6.54 Å². The number of amides is 2. The second-order valence-electron chi connectivity index (χ2n) is 3.78. The lowest BCUT2D eigenvalue weighted by molar-refractivity contribution is 0.240. The molecule has 1 aromatic rings. The van der Waals surface area contributed by atoms with Crippen LogP contribution in [0.5, 0.6) is 0 Å². The summed E-state index contributed by atoms with van der Waals surface area (Å²) in [5, 5.41) is 14.3. The van der Waals surface area contributed by atoms with Crippen LogP contribution >= 0.6 is 0 Å². The maximum Gasteiger partial charge on any atom is 0.315 e. The largest absolute Gasteiger partial charge is 0.338 e. The maximum atomic E-state index is 11.4. The molecule has 0 saturated heterocycles. The summed E-state index contributed by atoms with van der Waals surface area (Å²) in [5.41, 5.74) is 1.53. The first-order valence-electron chi connectivity index (χ1n) is 5.77. The topological polar surface area (TPSA) is 64.9 Å². The Balaban J connectivity index is 2.34. The Kier molecular flexibility index (Phi) is 5.59. The van der Waals surface area contributed by atoms with Crippen LogP contribution in [0.1, 0.15) is 30.9 Å². The molecule has 4 heteroatoms.